The first kappa shape index (κ1) is 18.2. The number of carbonyl (C=O) groups excluding carboxylic acids is 1. The molecule has 1 aromatic carbocycles. The summed E-state index contributed by atoms with van der Waals surface area (Å²) in [5, 5.41) is 7.96. The Hall–Kier alpha value is -2.22. The minimum Gasteiger partial charge on any atom is -0.344 e. The summed E-state index contributed by atoms with van der Waals surface area (Å²) < 4.78 is 2.05. The summed E-state index contributed by atoms with van der Waals surface area (Å²) in [7, 11) is 1.89. The van der Waals surface area contributed by atoms with Gasteiger partial charge in [-0.15, -0.1) is 0 Å². The van der Waals surface area contributed by atoms with Gasteiger partial charge in [0.1, 0.15) is 0 Å². The number of hydrazine groups is 1. The molecule has 4 rings (SSSR count). The summed E-state index contributed by atoms with van der Waals surface area (Å²) >= 11 is 0. The Morgan fingerprint density at radius 2 is 2.15 bits per heavy atom. The minimum absolute atomic E-state index is 0.170. The molecule has 3 heterocycles. The van der Waals surface area contributed by atoms with E-state index in [1.54, 1.807) is 0 Å². The van der Waals surface area contributed by atoms with Gasteiger partial charge in [0.2, 0.25) is 5.91 Å². The van der Waals surface area contributed by atoms with E-state index in [-0.39, 0.29) is 11.9 Å². The largest absolute Gasteiger partial charge is 0.344 e. The van der Waals surface area contributed by atoms with Crippen molar-refractivity contribution < 1.29 is 4.79 Å². The van der Waals surface area contributed by atoms with Crippen molar-refractivity contribution in [3.8, 4) is 0 Å². The Bertz CT molecular complexity index is 751. The molecule has 27 heavy (non-hydrogen) atoms. The Morgan fingerprint density at radius 1 is 1.30 bits per heavy atom. The molecule has 1 fully saturated rings. The second-order valence-corrected chi connectivity index (χ2v) is 7.49. The number of benzene rings is 1. The van der Waals surface area contributed by atoms with E-state index in [9.17, 15) is 4.79 Å². The molecule has 1 aromatic heterocycles. The molecule has 0 radical (unpaired) electrons. The van der Waals surface area contributed by atoms with Gasteiger partial charge in [-0.2, -0.15) is 5.10 Å². The van der Waals surface area contributed by atoms with E-state index in [1.807, 2.05) is 18.0 Å². The molecule has 3 N–H and O–H groups in total. The van der Waals surface area contributed by atoms with Crippen molar-refractivity contribution in [1.29, 1.82) is 0 Å². The Morgan fingerprint density at radius 3 is 2.96 bits per heavy atom. The van der Waals surface area contributed by atoms with Gasteiger partial charge < -0.3 is 10.2 Å². The van der Waals surface area contributed by atoms with E-state index in [0.29, 0.717) is 25.4 Å². The highest BCUT2D eigenvalue weighted by atomic mass is 16.2. The predicted octanol–water partition coefficient (Wildman–Crippen LogP) is 0.985. The lowest BCUT2D eigenvalue weighted by Gasteiger charge is -2.21. The van der Waals surface area contributed by atoms with Crippen LogP contribution >= 0.6 is 0 Å². The van der Waals surface area contributed by atoms with Gasteiger partial charge in [0, 0.05) is 51.6 Å². The minimum atomic E-state index is 0.170. The van der Waals surface area contributed by atoms with Crippen molar-refractivity contribution in [3.05, 3.63) is 53.3 Å². The van der Waals surface area contributed by atoms with Crippen molar-refractivity contribution in [3.63, 3.8) is 0 Å². The molecular formula is C20H28N6O. The first-order valence-corrected chi connectivity index (χ1v) is 9.75. The van der Waals surface area contributed by atoms with Crippen LogP contribution in [-0.2, 0) is 24.3 Å². The van der Waals surface area contributed by atoms with Crippen molar-refractivity contribution >= 4 is 5.91 Å². The number of rotatable bonds is 6. The summed E-state index contributed by atoms with van der Waals surface area (Å²) in [6.07, 6.45) is 2.18. The first-order valence-electron chi connectivity index (χ1n) is 9.75. The van der Waals surface area contributed by atoms with Crippen LogP contribution in [0.15, 0.2) is 36.4 Å². The van der Waals surface area contributed by atoms with E-state index >= 15 is 0 Å². The van der Waals surface area contributed by atoms with Crippen LogP contribution in [0.25, 0.3) is 0 Å². The topological polar surface area (TPSA) is 74.2 Å². The molecule has 144 valence electrons. The highest BCUT2D eigenvalue weighted by Gasteiger charge is 2.26. The van der Waals surface area contributed by atoms with Gasteiger partial charge in [0.05, 0.1) is 17.9 Å². The molecule has 0 saturated carbocycles. The van der Waals surface area contributed by atoms with Crippen molar-refractivity contribution in [2.24, 2.45) is 0 Å². The van der Waals surface area contributed by atoms with E-state index in [4.69, 9.17) is 0 Å². The molecule has 2 atom stereocenters. The zero-order valence-electron chi connectivity index (χ0n) is 15.8. The van der Waals surface area contributed by atoms with E-state index < -0.39 is 0 Å². The van der Waals surface area contributed by atoms with E-state index in [1.165, 1.54) is 11.3 Å². The number of amides is 1. The van der Waals surface area contributed by atoms with Crippen LogP contribution in [0.4, 0.5) is 0 Å². The molecule has 7 heteroatoms. The van der Waals surface area contributed by atoms with Gasteiger partial charge in [-0.1, -0.05) is 30.3 Å². The Kier molecular flexibility index (Phi) is 5.52. The maximum absolute atomic E-state index is 12.5. The molecule has 0 spiro atoms. The third kappa shape index (κ3) is 4.37. The van der Waals surface area contributed by atoms with Crippen LogP contribution < -0.4 is 16.2 Å². The van der Waals surface area contributed by atoms with Crippen LogP contribution in [-0.4, -0.2) is 46.8 Å². The fourth-order valence-corrected chi connectivity index (χ4v) is 3.88. The Balaban J connectivity index is 1.24. The molecular weight excluding hydrogens is 340 g/mol. The van der Waals surface area contributed by atoms with Crippen molar-refractivity contribution in [2.45, 2.75) is 44.4 Å². The average Bonchev–Trinajstić information content (AvgIpc) is 3.33. The maximum atomic E-state index is 12.5. The third-order valence-electron chi connectivity index (χ3n) is 5.42. The zero-order chi connectivity index (χ0) is 18.6. The number of hydrogen-bond acceptors (Lipinski definition) is 5. The van der Waals surface area contributed by atoms with Gasteiger partial charge >= 0.3 is 0 Å². The summed E-state index contributed by atoms with van der Waals surface area (Å²) in [5.41, 5.74) is 10.2. The number of likely N-dealkylation sites (N-methyl/N-ethyl adjacent to an activating group) is 1. The second kappa shape index (κ2) is 8.21. The fourth-order valence-electron chi connectivity index (χ4n) is 3.88. The van der Waals surface area contributed by atoms with Crippen molar-refractivity contribution in [1.82, 2.24) is 30.8 Å². The van der Waals surface area contributed by atoms with E-state index in [2.05, 4.69) is 56.3 Å². The monoisotopic (exact) mass is 368 g/mol. The van der Waals surface area contributed by atoms with Gasteiger partial charge in [0.25, 0.3) is 0 Å². The lowest BCUT2D eigenvalue weighted by Crippen LogP contribution is -2.41. The van der Waals surface area contributed by atoms with Crippen LogP contribution in [0, 0.1) is 0 Å². The van der Waals surface area contributed by atoms with Crippen molar-refractivity contribution in [2.75, 3.05) is 20.1 Å². The molecule has 2 aliphatic heterocycles. The molecule has 2 unspecified atom stereocenters. The molecule has 2 aliphatic rings. The summed E-state index contributed by atoms with van der Waals surface area (Å²) in [4.78, 5) is 14.4. The van der Waals surface area contributed by atoms with Crippen LogP contribution in [0.3, 0.4) is 0 Å². The predicted molar refractivity (Wildman–Crippen MR) is 104 cm³/mol. The van der Waals surface area contributed by atoms with Gasteiger partial charge in [0.15, 0.2) is 0 Å². The molecule has 1 saturated heterocycles. The first-order chi connectivity index (χ1) is 13.2. The van der Waals surface area contributed by atoms with Gasteiger partial charge in [-0.3, -0.25) is 14.9 Å². The van der Waals surface area contributed by atoms with Crippen LogP contribution in [0.2, 0.25) is 0 Å². The standard InChI is InChI=1S/C20H28N6O/c1-25(14-17-12-19(23-22-17)15-5-3-2-4-6-15)20(27)8-7-16-11-18-13-21-9-10-26(18)24-16/h2-6,11,17,19,21-23H,7-10,12-14H2,1H3. The third-order valence-corrected chi connectivity index (χ3v) is 5.42. The number of hydrogen-bond donors (Lipinski definition) is 3. The zero-order valence-corrected chi connectivity index (χ0v) is 15.8. The molecule has 0 aliphatic carbocycles. The fraction of sp³-hybridized carbons (Fsp3) is 0.500. The quantitative estimate of drug-likeness (QED) is 0.709. The lowest BCUT2D eigenvalue weighted by atomic mass is 10.0. The molecule has 0 bridgehead atoms. The average molecular weight is 368 g/mol. The normalized spacial score (nSPS) is 21.8. The summed E-state index contributed by atoms with van der Waals surface area (Å²) in [6.45, 7) is 3.44. The lowest BCUT2D eigenvalue weighted by molar-refractivity contribution is -0.130. The number of carbonyl (C=O) groups is 1. The highest BCUT2D eigenvalue weighted by molar-refractivity contribution is 5.76. The van der Waals surface area contributed by atoms with Crippen LogP contribution in [0.5, 0.6) is 0 Å². The SMILES string of the molecule is CN(CC1CC(c2ccccc2)NN1)C(=O)CCc1cc2n(n1)CCNC2. The number of nitrogens with zero attached hydrogens (tertiary/aromatic N) is 3. The van der Waals surface area contributed by atoms with E-state index in [0.717, 1.165) is 31.7 Å². The maximum Gasteiger partial charge on any atom is 0.222 e. The number of nitrogens with one attached hydrogen (secondary N) is 3. The van der Waals surface area contributed by atoms with Gasteiger partial charge in [-0.25, -0.2) is 5.43 Å². The number of fused-ring (bicyclic) bond motifs is 1. The Labute approximate surface area is 160 Å². The molecule has 1 amide bonds. The number of aromatic nitrogens is 2. The van der Waals surface area contributed by atoms with Gasteiger partial charge in [-0.05, 0) is 18.1 Å². The summed E-state index contributed by atoms with van der Waals surface area (Å²) in [6, 6.07) is 13.1. The molecule has 7 nitrogen and oxygen atoms in total. The second-order valence-electron chi connectivity index (χ2n) is 7.49. The smallest absolute Gasteiger partial charge is 0.222 e. The molecule has 2 aromatic rings. The van der Waals surface area contributed by atoms with Crippen LogP contribution in [0.1, 0.15) is 35.8 Å². The highest BCUT2D eigenvalue weighted by Crippen LogP contribution is 2.22. The summed E-state index contributed by atoms with van der Waals surface area (Å²) in [5.74, 6) is 0.170. The number of aryl methyl sites for hydroxylation is 1.